The summed E-state index contributed by atoms with van der Waals surface area (Å²) in [5.74, 6) is 0. The van der Waals surface area contributed by atoms with Gasteiger partial charge in [-0.25, -0.2) is 0 Å². The molecule has 25 heavy (non-hydrogen) atoms. The Labute approximate surface area is 167 Å². The minimum Gasteiger partial charge on any atom is -0.0776 e. The fourth-order valence-electron chi connectivity index (χ4n) is 0.637. The molecule has 1 aromatic rings. The van der Waals surface area contributed by atoms with E-state index in [2.05, 4.69) is 93.5 Å². The van der Waals surface area contributed by atoms with E-state index in [1.807, 2.05) is 0 Å². The molecule has 0 heteroatoms. The van der Waals surface area contributed by atoms with Gasteiger partial charge in [0.15, 0.2) is 0 Å². The van der Waals surface area contributed by atoms with Gasteiger partial charge in [-0.15, -0.1) is 0 Å². The molecule has 0 saturated heterocycles. The molecule has 0 aliphatic carbocycles. The van der Waals surface area contributed by atoms with Gasteiger partial charge < -0.3 is 0 Å². The Morgan fingerprint density at radius 3 is 0.560 bits per heavy atom. The number of rotatable bonds is 0. The summed E-state index contributed by atoms with van der Waals surface area (Å²) in [6.07, 6.45) is 5.00. The van der Waals surface area contributed by atoms with Crippen molar-refractivity contribution in [1.82, 2.24) is 0 Å². The molecule has 0 bridgehead atoms. The predicted octanol–water partition coefficient (Wildman–Crippen LogP) is 11.1. The maximum absolute atomic E-state index is 2.12. The van der Waals surface area contributed by atoms with Gasteiger partial charge in [0, 0.05) is 0 Å². The van der Waals surface area contributed by atoms with Gasteiger partial charge in [0.2, 0.25) is 0 Å². The van der Waals surface area contributed by atoms with Crippen LogP contribution in [0, 0.1) is 13.8 Å². The van der Waals surface area contributed by atoms with Crippen LogP contribution in [0.4, 0.5) is 0 Å². The molecule has 1 aromatic carbocycles. The molecule has 0 unspecified atom stereocenters. The third-order valence-corrected chi connectivity index (χ3v) is 1.22. The van der Waals surface area contributed by atoms with Crippen LogP contribution in [0.2, 0.25) is 0 Å². The Kier molecular flexibility index (Phi) is 148. The summed E-state index contributed by atoms with van der Waals surface area (Å²) < 4.78 is 0. The zero-order chi connectivity index (χ0) is 16.8. The van der Waals surface area contributed by atoms with Crippen LogP contribution >= 0.6 is 0 Å². The molecule has 162 valence electrons. The van der Waals surface area contributed by atoms with Crippen LogP contribution in [0.25, 0.3) is 0 Å². The number of hydrogen-bond donors (Lipinski definition) is 0. The van der Waals surface area contributed by atoms with Crippen molar-refractivity contribution < 1.29 is 0 Å². The molecule has 0 aliphatic rings. The van der Waals surface area contributed by atoms with Gasteiger partial charge in [0.05, 0.1) is 0 Å². The van der Waals surface area contributed by atoms with Crippen LogP contribution in [-0.4, -0.2) is 0 Å². The highest BCUT2D eigenvalue weighted by Crippen LogP contribution is 1.99. The van der Waals surface area contributed by atoms with Crippen molar-refractivity contribution in [3.63, 3.8) is 0 Å². The first-order chi connectivity index (χ1) is 9.44. The standard InChI is InChI=1S/C8H10.4C3H8.5CH4/c1-7-3-5-8(2)6-4-7;4*1-3-2;;;;;/h3-6H,1-2H3;4*3H2,1-2H3;5*1H4. The van der Waals surface area contributed by atoms with Gasteiger partial charge in [0.1, 0.15) is 0 Å². The second kappa shape index (κ2) is 65.6. The number of benzene rings is 1. The van der Waals surface area contributed by atoms with Crippen molar-refractivity contribution >= 4 is 0 Å². The molecule has 1 rings (SSSR count). The van der Waals surface area contributed by atoms with E-state index in [1.54, 1.807) is 0 Å². The van der Waals surface area contributed by atoms with Crippen LogP contribution in [0.3, 0.4) is 0 Å². The fourth-order valence-corrected chi connectivity index (χ4v) is 0.637. The highest BCUT2D eigenvalue weighted by atomic mass is 13.9. The summed E-state index contributed by atoms with van der Waals surface area (Å²) in [5, 5.41) is 0. The predicted molar refractivity (Wildman–Crippen MR) is 133 cm³/mol. The van der Waals surface area contributed by atoms with Gasteiger partial charge in [-0.05, 0) is 13.8 Å². The Hall–Kier alpha value is -0.780. The third-order valence-electron chi connectivity index (χ3n) is 1.22. The van der Waals surface area contributed by atoms with Gasteiger partial charge in [-0.1, -0.05) is 154 Å². The Bertz CT molecular complexity index is 179. The second-order valence-electron chi connectivity index (χ2n) is 4.98. The van der Waals surface area contributed by atoms with Gasteiger partial charge in [-0.2, -0.15) is 0 Å². The van der Waals surface area contributed by atoms with Gasteiger partial charge >= 0.3 is 0 Å². The first-order valence-corrected chi connectivity index (χ1v) is 8.48. The Balaban J connectivity index is -0.0000000191. The van der Waals surface area contributed by atoms with Crippen molar-refractivity contribution in [2.45, 2.75) is 132 Å². The normalized spacial score (nSPS) is 5.84. The molecule has 0 aliphatic heterocycles. The molecule has 0 radical (unpaired) electrons. The van der Waals surface area contributed by atoms with Crippen LogP contribution in [0.15, 0.2) is 24.3 Å². The van der Waals surface area contributed by atoms with Crippen molar-refractivity contribution in [3.8, 4) is 0 Å². The smallest absolute Gasteiger partial charge is 0.0398 e. The average molecular weight is 363 g/mol. The summed E-state index contributed by atoms with van der Waals surface area (Å²) in [4.78, 5) is 0. The van der Waals surface area contributed by atoms with Crippen molar-refractivity contribution in [2.75, 3.05) is 0 Å². The van der Waals surface area contributed by atoms with Gasteiger partial charge in [0.25, 0.3) is 0 Å². The lowest BCUT2D eigenvalue weighted by molar-refractivity contribution is 1.09. The minimum absolute atomic E-state index is 0. The lowest BCUT2D eigenvalue weighted by Gasteiger charge is -1.90. The molecule has 0 heterocycles. The van der Waals surface area contributed by atoms with E-state index in [1.165, 1.54) is 36.8 Å². The van der Waals surface area contributed by atoms with Crippen LogP contribution in [0.1, 0.15) is 129 Å². The zero-order valence-electron chi connectivity index (χ0n) is 16.1. The summed E-state index contributed by atoms with van der Waals surface area (Å²) in [5.41, 5.74) is 2.66. The molecule has 0 N–H and O–H groups in total. The first-order valence-electron chi connectivity index (χ1n) is 8.48. The molecular formula is C25H62. The van der Waals surface area contributed by atoms with E-state index in [0.29, 0.717) is 0 Å². The van der Waals surface area contributed by atoms with E-state index < -0.39 is 0 Å². The molecule has 0 amide bonds. The molecule has 0 spiro atoms. The topological polar surface area (TPSA) is 0 Å². The van der Waals surface area contributed by atoms with E-state index in [4.69, 9.17) is 0 Å². The Morgan fingerprint density at radius 1 is 0.400 bits per heavy atom. The molecule has 0 aromatic heterocycles. The van der Waals surface area contributed by atoms with Crippen LogP contribution < -0.4 is 0 Å². The second-order valence-corrected chi connectivity index (χ2v) is 4.98. The monoisotopic (exact) mass is 362 g/mol. The zero-order valence-corrected chi connectivity index (χ0v) is 16.1. The van der Waals surface area contributed by atoms with E-state index in [9.17, 15) is 0 Å². The number of aryl methyl sites for hydroxylation is 2. The molecule has 0 atom stereocenters. The minimum atomic E-state index is 0. The summed E-state index contributed by atoms with van der Waals surface area (Å²) in [6.45, 7) is 21.2. The summed E-state index contributed by atoms with van der Waals surface area (Å²) >= 11 is 0. The van der Waals surface area contributed by atoms with E-state index >= 15 is 0 Å². The van der Waals surface area contributed by atoms with Crippen LogP contribution in [-0.2, 0) is 0 Å². The molecular weight excluding hydrogens is 300 g/mol. The van der Waals surface area contributed by atoms with Crippen molar-refractivity contribution in [2.24, 2.45) is 0 Å². The maximum atomic E-state index is 2.12. The largest absolute Gasteiger partial charge is 0.0776 e. The van der Waals surface area contributed by atoms with Crippen molar-refractivity contribution in [1.29, 1.82) is 0 Å². The summed E-state index contributed by atoms with van der Waals surface area (Å²) in [7, 11) is 0. The fraction of sp³-hybridized carbons (Fsp3) is 0.760. The third kappa shape index (κ3) is 123. The average Bonchev–Trinajstić information content (AvgIpc) is 2.37. The molecule has 0 fully saturated rings. The first kappa shape index (κ1) is 56.4. The van der Waals surface area contributed by atoms with Crippen LogP contribution in [0.5, 0.6) is 0 Å². The van der Waals surface area contributed by atoms with E-state index in [-0.39, 0.29) is 37.1 Å². The number of hydrogen-bond acceptors (Lipinski definition) is 0. The quantitative estimate of drug-likeness (QED) is 0.430. The van der Waals surface area contributed by atoms with Crippen molar-refractivity contribution in [3.05, 3.63) is 35.4 Å². The van der Waals surface area contributed by atoms with Gasteiger partial charge in [-0.3, -0.25) is 0 Å². The lowest BCUT2D eigenvalue weighted by atomic mass is 10.2. The SMILES string of the molecule is C.C.C.C.C.CCC.CCC.CCC.CCC.Cc1ccc(C)cc1. The Morgan fingerprint density at radius 2 is 0.480 bits per heavy atom. The molecule has 0 nitrogen and oxygen atoms in total. The highest BCUT2D eigenvalue weighted by Gasteiger charge is 1.79. The van der Waals surface area contributed by atoms with E-state index in [0.717, 1.165) is 0 Å². The summed E-state index contributed by atoms with van der Waals surface area (Å²) in [6, 6.07) is 8.48. The molecule has 0 saturated carbocycles. The lowest BCUT2D eigenvalue weighted by Crippen LogP contribution is -1.70. The maximum Gasteiger partial charge on any atom is -0.0398 e. The highest BCUT2D eigenvalue weighted by molar-refractivity contribution is 5.19.